The van der Waals surface area contributed by atoms with E-state index < -0.39 is 23.8 Å². The molecule has 15 heavy (non-hydrogen) atoms. The average molecular weight is 232 g/mol. The van der Waals surface area contributed by atoms with Gasteiger partial charge in [0.05, 0.1) is 11.1 Å². The normalized spacial score (nSPS) is 14.3. The highest BCUT2D eigenvalue weighted by Crippen LogP contribution is 2.33. The molecule has 0 amide bonds. The summed E-state index contributed by atoms with van der Waals surface area (Å²) < 4.78 is 12.9. The van der Waals surface area contributed by atoms with Crippen LogP contribution in [0.2, 0.25) is 5.02 Å². The number of aromatic hydroxyl groups is 1. The van der Waals surface area contributed by atoms with Gasteiger partial charge in [0.2, 0.25) is 0 Å². The maximum absolute atomic E-state index is 12.9. The van der Waals surface area contributed by atoms with Gasteiger partial charge in [-0.05, 0) is 12.1 Å². The van der Waals surface area contributed by atoms with Crippen molar-refractivity contribution in [3.63, 3.8) is 0 Å². The molecule has 2 unspecified atom stereocenters. The Hall–Kier alpha value is -1.35. The molecule has 0 aliphatic heterocycles. The van der Waals surface area contributed by atoms with E-state index in [9.17, 15) is 14.6 Å². The molecule has 6 heteroatoms. The van der Waals surface area contributed by atoms with E-state index >= 15 is 0 Å². The summed E-state index contributed by atoms with van der Waals surface area (Å²) in [5.41, 5.74) is -0.325. The highest BCUT2D eigenvalue weighted by molar-refractivity contribution is 6.32. The third-order valence-corrected chi connectivity index (χ3v) is 2.10. The lowest BCUT2D eigenvalue weighted by atomic mass is 10.0. The molecule has 0 aliphatic rings. The van der Waals surface area contributed by atoms with E-state index in [0.717, 1.165) is 12.1 Å². The summed E-state index contributed by atoms with van der Waals surface area (Å²) >= 11 is 5.45. The van der Waals surface area contributed by atoms with Crippen LogP contribution in [0.3, 0.4) is 0 Å². The molecule has 0 heterocycles. The van der Waals surface area contributed by atoms with Gasteiger partial charge in [0.15, 0.2) is 6.10 Å². The van der Waals surface area contributed by atoms with Crippen molar-refractivity contribution >= 4 is 11.6 Å². The second-order valence-corrected chi connectivity index (χ2v) is 3.25. The van der Waals surface area contributed by atoms with Crippen molar-refractivity contribution in [3.8, 4) is 11.8 Å². The van der Waals surface area contributed by atoms with Gasteiger partial charge in [0.25, 0.3) is 0 Å². The number of benzene rings is 1. The van der Waals surface area contributed by atoms with Crippen molar-refractivity contribution in [2.24, 2.45) is 0 Å². The maximum atomic E-state index is 12.9. The molecule has 0 aliphatic carbocycles. The molecule has 1 aromatic rings. The van der Waals surface area contributed by atoms with Crippen LogP contribution in [0.1, 0.15) is 11.7 Å². The molecule has 1 aromatic carbocycles. The number of rotatable bonds is 2. The first-order valence-corrected chi connectivity index (χ1v) is 4.28. The molecule has 0 saturated carbocycles. The molecule has 0 aromatic heterocycles. The first-order chi connectivity index (χ1) is 6.97. The maximum Gasteiger partial charge on any atom is 0.170 e. The number of halogens is 2. The molecule has 4 nitrogen and oxygen atoms in total. The van der Waals surface area contributed by atoms with Crippen LogP contribution in [0.15, 0.2) is 12.1 Å². The Kier molecular flexibility index (Phi) is 3.48. The summed E-state index contributed by atoms with van der Waals surface area (Å²) in [6.07, 6.45) is -3.46. The number of aliphatic hydroxyl groups is 2. The predicted molar refractivity (Wildman–Crippen MR) is 49.7 cm³/mol. The minimum absolute atomic E-state index is 0.297. The fourth-order valence-corrected chi connectivity index (χ4v) is 1.27. The number of aliphatic hydroxyl groups excluding tert-OH is 2. The van der Waals surface area contributed by atoms with Gasteiger partial charge in [-0.1, -0.05) is 11.6 Å². The second kappa shape index (κ2) is 4.45. The smallest absolute Gasteiger partial charge is 0.170 e. The molecule has 1 rings (SSSR count). The largest absolute Gasteiger partial charge is 0.506 e. The van der Waals surface area contributed by atoms with E-state index in [2.05, 4.69) is 0 Å². The molecular weight excluding hydrogens is 225 g/mol. The van der Waals surface area contributed by atoms with Crippen LogP contribution in [-0.4, -0.2) is 21.4 Å². The quantitative estimate of drug-likeness (QED) is 0.666. The molecule has 0 radical (unpaired) electrons. The fourth-order valence-electron chi connectivity index (χ4n) is 1.05. The zero-order valence-corrected chi connectivity index (χ0v) is 8.11. The fraction of sp³-hybridized carbons (Fsp3) is 0.222. The molecule has 80 valence electrons. The van der Waals surface area contributed by atoms with Crippen molar-refractivity contribution in [1.82, 2.24) is 0 Å². The van der Waals surface area contributed by atoms with Gasteiger partial charge >= 0.3 is 0 Å². The first kappa shape index (κ1) is 11.7. The second-order valence-electron chi connectivity index (χ2n) is 2.84. The number of hydrogen-bond donors (Lipinski definition) is 3. The third-order valence-electron chi connectivity index (χ3n) is 1.81. The zero-order chi connectivity index (χ0) is 11.6. The highest BCUT2D eigenvalue weighted by atomic mass is 35.5. The summed E-state index contributed by atoms with van der Waals surface area (Å²) in [5, 5.41) is 35.7. The lowest BCUT2D eigenvalue weighted by Crippen LogP contribution is -2.16. The number of hydrogen-bond acceptors (Lipinski definition) is 4. The average Bonchev–Trinajstić information content (AvgIpc) is 2.21. The predicted octanol–water partition coefficient (Wildman–Crippen LogP) is 1.10. The summed E-state index contributed by atoms with van der Waals surface area (Å²) in [6.45, 7) is 0. The summed E-state index contributed by atoms with van der Waals surface area (Å²) in [7, 11) is 0. The topological polar surface area (TPSA) is 84.5 Å². The third kappa shape index (κ3) is 2.36. The van der Waals surface area contributed by atoms with E-state index in [-0.39, 0.29) is 10.6 Å². The van der Waals surface area contributed by atoms with E-state index in [4.69, 9.17) is 22.0 Å². The van der Waals surface area contributed by atoms with E-state index in [1.54, 1.807) is 0 Å². The summed E-state index contributed by atoms with van der Waals surface area (Å²) in [4.78, 5) is 0. The van der Waals surface area contributed by atoms with Crippen molar-refractivity contribution in [2.45, 2.75) is 12.2 Å². The molecule has 0 bridgehead atoms. The van der Waals surface area contributed by atoms with Crippen molar-refractivity contribution in [1.29, 1.82) is 5.26 Å². The zero-order valence-electron chi connectivity index (χ0n) is 7.35. The Labute approximate surface area is 89.8 Å². The molecule has 0 saturated heterocycles. The van der Waals surface area contributed by atoms with Crippen molar-refractivity contribution in [2.75, 3.05) is 0 Å². The lowest BCUT2D eigenvalue weighted by molar-refractivity contribution is 0.0509. The molecule has 2 atom stereocenters. The van der Waals surface area contributed by atoms with Crippen LogP contribution >= 0.6 is 11.6 Å². The van der Waals surface area contributed by atoms with Crippen LogP contribution in [0.25, 0.3) is 0 Å². The van der Waals surface area contributed by atoms with Gasteiger partial charge in [-0.15, -0.1) is 0 Å². The summed E-state index contributed by atoms with van der Waals surface area (Å²) in [6, 6.07) is 3.01. The van der Waals surface area contributed by atoms with Crippen molar-refractivity contribution < 1.29 is 19.7 Å². The van der Waals surface area contributed by atoms with Crippen LogP contribution < -0.4 is 0 Å². The monoisotopic (exact) mass is 231 g/mol. The van der Waals surface area contributed by atoms with Gasteiger partial charge in [-0.3, -0.25) is 0 Å². The van der Waals surface area contributed by atoms with E-state index in [0.29, 0.717) is 0 Å². The lowest BCUT2D eigenvalue weighted by Gasteiger charge is -2.14. The Morgan fingerprint density at radius 2 is 2.00 bits per heavy atom. The number of phenols is 1. The standard InChI is InChI=1S/C9H7ClFNO3/c10-6-2-4(11)1-5(8(6)14)9(15)7(13)3-12/h1-2,7,9,13-15H. The number of nitriles is 1. The van der Waals surface area contributed by atoms with Gasteiger partial charge in [0.1, 0.15) is 17.7 Å². The molecule has 3 N–H and O–H groups in total. The van der Waals surface area contributed by atoms with Gasteiger partial charge in [-0.25, -0.2) is 4.39 Å². The SMILES string of the molecule is N#CC(O)C(O)c1cc(F)cc(Cl)c1O. The van der Waals surface area contributed by atoms with Gasteiger partial charge < -0.3 is 15.3 Å². The van der Waals surface area contributed by atoms with E-state index in [1.165, 1.54) is 6.07 Å². The van der Waals surface area contributed by atoms with Crippen LogP contribution in [-0.2, 0) is 0 Å². The molecule has 0 fully saturated rings. The van der Waals surface area contributed by atoms with Crippen LogP contribution in [0.5, 0.6) is 5.75 Å². The Balaban J connectivity index is 3.20. The van der Waals surface area contributed by atoms with Crippen LogP contribution in [0, 0.1) is 17.1 Å². The highest BCUT2D eigenvalue weighted by Gasteiger charge is 2.23. The van der Waals surface area contributed by atoms with Gasteiger partial charge in [0, 0.05) is 5.56 Å². The minimum atomic E-state index is -1.76. The Bertz CT molecular complexity index is 419. The van der Waals surface area contributed by atoms with Gasteiger partial charge in [-0.2, -0.15) is 5.26 Å². The number of nitrogens with zero attached hydrogens (tertiary/aromatic N) is 1. The molecule has 0 spiro atoms. The minimum Gasteiger partial charge on any atom is -0.506 e. The first-order valence-electron chi connectivity index (χ1n) is 3.91. The molecular formula is C9H7ClFNO3. The Morgan fingerprint density at radius 1 is 1.40 bits per heavy atom. The van der Waals surface area contributed by atoms with Crippen molar-refractivity contribution in [3.05, 3.63) is 28.5 Å². The number of phenolic OH excluding ortho intramolecular Hbond substituents is 1. The Morgan fingerprint density at radius 3 is 2.53 bits per heavy atom. The summed E-state index contributed by atoms with van der Waals surface area (Å²) in [5.74, 6) is -1.34. The van der Waals surface area contributed by atoms with E-state index in [1.807, 2.05) is 0 Å². The van der Waals surface area contributed by atoms with Crippen LogP contribution in [0.4, 0.5) is 4.39 Å².